The van der Waals surface area contributed by atoms with E-state index in [4.69, 9.17) is 31.6 Å². The minimum Gasteiger partial charge on any atom is -0.502 e. The lowest BCUT2D eigenvalue weighted by Gasteiger charge is -2.00. The highest BCUT2D eigenvalue weighted by Crippen LogP contribution is 2.19. The molecule has 0 radical (unpaired) electrons. The van der Waals surface area contributed by atoms with Gasteiger partial charge in [-0.3, -0.25) is 0 Å². The van der Waals surface area contributed by atoms with E-state index in [-0.39, 0.29) is 0 Å². The van der Waals surface area contributed by atoms with Gasteiger partial charge in [-0.25, -0.2) is 0 Å². The number of epoxide rings is 1. The molecule has 0 aromatic carbocycles. The standard InChI is InChI=1S/C6H12O.C3H6Cl2OSi/c1-4-7-5-6(2)3;4-7(5)2-3-1-6-3/h4,6H,1,5H2,2-3H3;3,7H,1-2H2. The van der Waals surface area contributed by atoms with Crippen LogP contribution >= 0.6 is 22.2 Å². The Bertz CT molecular complexity index is 150. The quantitative estimate of drug-likeness (QED) is 0.327. The molecule has 0 spiro atoms. The maximum atomic E-state index is 5.54. The van der Waals surface area contributed by atoms with Crippen molar-refractivity contribution in [3.8, 4) is 0 Å². The van der Waals surface area contributed by atoms with E-state index in [1.54, 1.807) is 0 Å². The first-order valence-corrected chi connectivity index (χ1v) is 8.99. The van der Waals surface area contributed by atoms with Crippen LogP contribution in [-0.2, 0) is 9.47 Å². The van der Waals surface area contributed by atoms with Crippen molar-refractivity contribution in [2.45, 2.75) is 26.0 Å². The van der Waals surface area contributed by atoms with Crippen molar-refractivity contribution >= 4 is 29.6 Å². The predicted molar refractivity (Wildman–Crippen MR) is 64.4 cm³/mol. The third-order valence-electron chi connectivity index (χ3n) is 1.39. The summed E-state index contributed by atoms with van der Waals surface area (Å²) in [7, 11) is -1.35. The van der Waals surface area contributed by atoms with Crippen molar-refractivity contribution in [1.29, 1.82) is 0 Å². The zero-order chi connectivity index (χ0) is 11.0. The van der Waals surface area contributed by atoms with E-state index in [1.165, 1.54) is 6.26 Å². The SMILES string of the molecule is C=COCC(C)C.Cl[SiH](Cl)CC1CO1. The Labute approximate surface area is 97.2 Å². The van der Waals surface area contributed by atoms with Crippen LogP contribution in [0.15, 0.2) is 12.8 Å². The van der Waals surface area contributed by atoms with Crippen LogP contribution in [0.4, 0.5) is 0 Å². The van der Waals surface area contributed by atoms with Gasteiger partial charge in [0, 0.05) is 0 Å². The Morgan fingerprint density at radius 1 is 1.64 bits per heavy atom. The molecule has 1 aliphatic heterocycles. The lowest BCUT2D eigenvalue weighted by molar-refractivity contribution is 0.212. The average Bonchev–Trinajstić information content (AvgIpc) is 2.84. The molecule has 1 saturated heterocycles. The highest BCUT2D eigenvalue weighted by molar-refractivity contribution is 7.33. The fourth-order valence-electron chi connectivity index (χ4n) is 0.663. The normalized spacial score (nSPS) is 18.9. The van der Waals surface area contributed by atoms with Gasteiger partial charge in [0.15, 0.2) is 0 Å². The highest BCUT2D eigenvalue weighted by Gasteiger charge is 2.25. The Morgan fingerprint density at radius 3 is 2.36 bits per heavy atom. The zero-order valence-corrected chi connectivity index (χ0v) is 11.4. The Morgan fingerprint density at radius 2 is 2.21 bits per heavy atom. The molecule has 1 rings (SSSR count). The van der Waals surface area contributed by atoms with Crippen LogP contribution in [0.2, 0.25) is 6.04 Å². The summed E-state index contributed by atoms with van der Waals surface area (Å²) in [6.07, 6.45) is 1.90. The van der Waals surface area contributed by atoms with E-state index in [0.29, 0.717) is 12.0 Å². The van der Waals surface area contributed by atoms with Crippen LogP contribution < -0.4 is 0 Å². The van der Waals surface area contributed by atoms with Crippen molar-refractivity contribution in [3.63, 3.8) is 0 Å². The maximum absolute atomic E-state index is 5.54. The first kappa shape index (κ1) is 14.3. The van der Waals surface area contributed by atoms with Gasteiger partial charge in [-0.2, -0.15) is 22.2 Å². The highest BCUT2D eigenvalue weighted by atomic mass is 35.7. The molecule has 0 amide bonds. The van der Waals surface area contributed by atoms with E-state index in [9.17, 15) is 0 Å². The monoisotopic (exact) mass is 256 g/mol. The van der Waals surface area contributed by atoms with Crippen molar-refractivity contribution in [2.75, 3.05) is 13.2 Å². The minimum atomic E-state index is -1.35. The third kappa shape index (κ3) is 12.3. The summed E-state index contributed by atoms with van der Waals surface area (Å²) in [5.41, 5.74) is 0. The summed E-state index contributed by atoms with van der Waals surface area (Å²) in [6, 6.07) is 0.920. The van der Waals surface area contributed by atoms with Gasteiger partial charge in [-0.15, -0.1) is 0 Å². The molecule has 0 N–H and O–H groups in total. The van der Waals surface area contributed by atoms with Gasteiger partial charge < -0.3 is 9.47 Å². The molecule has 0 aliphatic carbocycles. The second-order valence-electron chi connectivity index (χ2n) is 3.48. The Hall–Kier alpha value is 0.297. The van der Waals surface area contributed by atoms with Crippen LogP contribution in [0.25, 0.3) is 0 Å². The first-order chi connectivity index (χ1) is 6.56. The van der Waals surface area contributed by atoms with Crippen LogP contribution in [0, 0.1) is 5.92 Å². The summed E-state index contributed by atoms with van der Waals surface area (Å²) >= 11 is 11.1. The average molecular weight is 257 g/mol. The molecule has 0 aromatic heterocycles. The van der Waals surface area contributed by atoms with Gasteiger partial charge in [0.25, 0.3) is 0 Å². The second-order valence-corrected chi connectivity index (χ2v) is 8.56. The number of halogens is 2. The van der Waals surface area contributed by atoms with E-state index in [0.717, 1.165) is 19.3 Å². The largest absolute Gasteiger partial charge is 0.502 e. The number of hydrogen-bond donors (Lipinski definition) is 0. The van der Waals surface area contributed by atoms with E-state index >= 15 is 0 Å². The number of rotatable bonds is 5. The van der Waals surface area contributed by atoms with Crippen molar-refractivity contribution in [3.05, 3.63) is 12.8 Å². The summed E-state index contributed by atoms with van der Waals surface area (Å²) < 4.78 is 9.74. The van der Waals surface area contributed by atoms with Gasteiger partial charge >= 0.3 is 0 Å². The molecule has 1 unspecified atom stereocenters. The molecule has 0 bridgehead atoms. The molecule has 0 saturated carbocycles. The second kappa shape index (κ2) is 8.59. The molecular weight excluding hydrogens is 239 g/mol. The molecular formula is C9H18Cl2O2Si. The van der Waals surface area contributed by atoms with Gasteiger partial charge in [0.2, 0.25) is 7.42 Å². The number of ether oxygens (including phenoxy) is 2. The van der Waals surface area contributed by atoms with Crippen molar-refractivity contribution in [2.24, 2.45) is 5.92 Å². The van der Waals surface area contributed by atoms with E-state index in [2.05, 4.69) is 20.4 Å². The van der Waals surface area contributed by atoms with Gasteiger partial charge in [-0.1, -0.05) is 20.4 Å². The Kier molecular flexibility index (Phi) is 8.78. The molecule has 1 fully saturated rings. The van der Waals surface area contributed by atoms with Gasteiger partial charge in [0.1, 0.15) is 0 Å². The summed E-state index contributed by atoms with van der Waals surface area (Å²) in [6.45, 7) is 9.27. The van der Waals surface area contributed by atoms with Gasteiger partial charge in [-0.05, 0) is 12.0 Å². The van der Waals surface area contributed by atoms with Crippen LogP contribution in [-0.4, -0.2) is 26.7 Å². The van der Waals surface area contributed by atoms with Crippen LogP contribution in [0.5, 0.6) is 0 Å². The summed E-state index contributed by atoms with van der Waals surface area (Å²) in [5, 5.41) is 0. The lowest BCUT2D eigenvalue weighted by atomic mass is 10.2. The molecule has 1 atom stereocenters. The van der Waals surface area contributed by atoms with Crippen molar-refractivity contribution < 1.29 is 9.47 Å². The molecule has 0 aromatic rings. The number of hydrogen-bond acceptors (Lipinski definition) is 2. The fourth-order valence-corrected chi connectivity index (χ4v) is 2.53. The molecule has 2 nitrogen and oxygen atoms in total. The van der Waals surface area contributed by atoms with Crippen LogP contribution in [0.1, 0.15) is 13.8 Å². The summed E-state index contributed by atoms with van der Waals surface area (Å²) in [5.74, 6) is 0.609. The molecule has 1 heterocycles. The first-order valence-electron chi connectivity index (χ1n) is 4.68. The smallest absolute Gasteiger partial charge is 0.239 e. The van der Waals surface area contributed by atoms with Crippen molar-refractivity contribution in [1.82, 2.24) is 0 Å². The third-order valence-corrected chi connectivity index (χ3v) is 3.34. The fraction of sp³-hybridized carbons (Fsp3) is 0.778. The summed E-state index contributed by atoms with van der Waals surface area (Å²) in [4.78, 5) is 0. The zero-order valence-electron chi connectivity index (χ0n) is 8.71. The molecule has 14 heavy (non-hydrogen) atoms. The van der Waals surface area contributed by atoms with E-state index in [1.807, 2.05) is 0 Å². The molecule has 5 heteroatoms. The van der Waals surface area contributed by atoms with Crippen LogP contribution in [0.3, 0.4) is 0 Å². The van der Waals surface area contributed by atoms with Gasteiger partial charge in [0.05, 0.1) is 25.6 Å². The molecule has 84 valence electrons. The van der Waals surface area contributed by atoms with E-state index < -0.39 is 7.42 Å². The lowest BCUT2D eigenvalue weighted by Crippen LogP contribution is -1.96. The topological polar surface area (TPSA) is 21.8 Å². The maximum Gasteiger partial charge on any atom is 0.239 e. The molecule has 1 aliphatic rings. The predicted octanol–water partition coefficient (Wildman–Crippen LogP) is 2.89. The Balaban J connectivity index is 0.000000241. The minimum absolute atomic E-state index is 0.423.